The number of para-hydroxylation sites is 5. The van der Waals surface area contributed by atoms with E-state index in [-0.39, 0.29) is 0 Å². The summed E-state index contributed by atoms with van der Waals surface area (Å²) >= 11 is 0. The molecule has 0 spiro atoms. The molecule has 2 aromatic heterocycles. The predicted octanol–water partition coefficient (Wildman–Crippen LogP) is 20.7. The monoisotopic (exact) mass is 1040 g/mol. The van der Waals surface area contributed by atoms with Gasteiger partial charge in [0, 0.05) is 50.0 Å². The molecule has 0 saturated carbocycles. The van der Waals surface area contributed by atoms with E-state index in [1.807, 2.05) is 0 Å². The average molecular weight is 1040 g/mol. The molecule has 15 aromatic rings. The quantitative estimate of drug-likeness (QED) is 0.133. The van der Waals surface area contributed by atoms with Crippen molar-refractivity contribution in [1.82, 2.24) is 9.13 Å². The summed E-state index contributed by atoms with van der Waals surface area (Å²) in [5.41, 5.74) is 24.3. The first-order valence-corrected chi connectivity index (χ1v) is 28.3. The van der Waals surface area contributed by atoms with E-state index in [1.54, 1.807) is 0 Å². The fourth-order valence-corrected chi connectivity index (χ4v) is 13.6. The zero-order valence-electron chi connectivity index (χ0n) is 44.9. The summed E-state index contributed by atoms with van der Waals surface area (Å²) in [5.74, 6) is 0. The smallest absolute Gasteiger partial charge is 0.0714 e. The van der Waals surface area contributed by atoms with Gasteiger partial charge in [-0.15, -0.1) is 0 Å². The van der Waals surface area contributed by atoms with Gasteiger partial charge in [0.15, 0.2) is 0 Å². The Morgan fingerprint density at radius 3 is 1.22 bits per heavy atom. The molecule has 1 aliphatic carbocycles. The lowest BCUT2D eigenvalue weighted by atomic mass is 9.67. The van der Waals surface area contributed by atoms with Gasteiger partial charge in [0.1, 0.15) is 0 Å². The molecule has 384 valence electrons. The molecule has 0 saturated heterocycles. The zero-order valence-corrected chi connectivity index (χ0v) is 44.9. The van der Waals surface area contributed by atoms with Gasteiger partial charge < -0.3 is 14.0 Å². The predicted molar refractivity (Wildman–Crippen MR) is 343 cm³/mol. The lowest BCUT2D eigenvalue weighted by Gasteiger charge is -2.34. The van der Waals surface area contributed by atoms with E-state index in [9.17, 15) is 0 Å². The van der Waals surface area contributed by atoms with Crippen molar-refractivity contribution in [1.29, 1.82) is 0 Å². The van der Waals surface area contributed by atoms with E-state index in [2.05, 4.69) is 336 Å². The summed E-state index contributed by atoms with van der Waals surface area (Å²) in [5, 5.41) is 4.88. The number of fused-ring (bicyclic) bond motifs is 9. The molecule has 0 atom stereocenters. The maximum atomic E-state index is 2.48. The molecular formula is C79H53N3. The topological polar surface area (TPSA) is 13.1 Å². The van der Waals surface area contributed by atoms with Gasteiger partial charge in [0.25, 0.3) is 0 Å². The zero-order chi connectivity index (χ0) is 54.1. The van der Waals surface area contributed by atoms with Gasteiger partial charge in [-0.2, -0.15) is 0 Å². The number of benzene rings is 13. The van der Waals surface area contributed by atoms with Crippen LogP contribution in [0.2, 0.25) is 0 Å². The van der Waals surface area contributed by atoms with E-state index in [1.165, 1.54) is 71.5 Å². The Balaban J connectivity index is 0.886. The van der Waals surface area contributed by atoms with Crippen LogP contribution in [0.3, 0.4) is 0 Å². The Bertz CT molecular complexity index is 4820. The molecule has 0 unspecified atom stereocenters. The van der Waals surface area contributed by atoms with Gasteiger partial charge in [0.05, 0.1) is 27.5 Å². The van der Waals surface area contributed by atoms with Crippen LogP contribution in [0, 0.1) is 0 Å². The lowest BCUT2D eigenvalue weighted by Crippen LogP contribution is -2.28. The molecule has 1 aliphatic rings. The molecular weight excluding hydrogens is 991 g/mol. The van der Waals surface area contributed by atoms with E-state index in [0.29, 0.717) is 0 Å². The molecule has 13 aromatic carbocycles. The minimum Gasteiger partial charge on any atom is -0.310 e. The Hall–Kier alpha value is -10.7. The number of hydrogen-bond acceptors (Lipinski definition) is 1. The van der Waals surface area contributed by atoms with Crippen molar-refractivity contribution in [3.8, 4) is 55.9 Å². The molecule has 0 N–H and O–H groups in total. The van der Waals surface area contributed by atoms with Crippen molar-refractivity contribution in [2.45, 2.75) is 5.41 Å². The first-order chi connectivity index (χ1) is 40.7. The van der Waals surface area contributed by atoms with E-state index in [4.69, 9.17) is 0 Å². The molecule has 0 radical (unpaired) electrons. The highest BCUT2D eigenvalue weighted by molar-refractivity contribution is 6.12. The fraction of sp³-hybridized carbons (Fsp3) is 0.0127. The summed E-state index contributed by atoms with van der Waals surface area (Å²) in [6.07, 6.45) is 0. The SMILES string of the molecule is c1ccc(N(c2ccccc2)c2cccc(-c3cc(-c4ccc5c(c4)c4ccccc4n5-c4ccccc4)cc(-c4ccc5c(c4)c4ccccc4n5-c4ccc5c(c4)C(c4ccccc4)(c4ccccc4)c4ccccc4-5)c3)c2)cc1. The van der Waals surface area contributed by atoms with Gasteiger partial charge in [-0.1, -0.05) is 206 Å². The Morgan fingerprint density at radius 1 is 0.232 bits per heavy atom. The van der Waals surface area contributed by atoms with Crippen LogP contribution in [0.5, 0.6) is 0 Å². The van der Waals surface area contributed by atoms with Crippen molar-refractivity contribution in [3.05, 3.63) is 344 Å². The van der Waals surface area contributed by atoms with Crippen LogP contribution >= 0.6 is 0 Å². The second-order valence-electron chi connectivity index (χ2n) is 21.6. The van der Waals surface area contributed by atoms with Gasteiger partial charge >= 0.3 is 0 Å². The maximum absolute atomic E-state index is 2.48. The summed E-state index contributed by atoms with van der Waals surface area (Å²) in [7, 11) is 0. The molecule has 3 nitrogen and oxygen atoms in total. The van der Waals surface area contributed by atoms with Gasteiger partial charge in [-0.25, -0.2) is 0 Å². The fourth-order valence-electron chi connectivity index (χ4n) is 13.6. The molecule has 0 amide bonds. The molecule has 16 rings (SSSR count). The van der Waals surface area contributed by atoms with Crippen molar-refractivity contribution in [2.24, 2.45) is 0 Å². The first kappa shape index (κ1) is 47.3. The van der Waals surface area contributed by atoms with Gasteiger partial charge in [0.2, 0.25) is 0 Å². The summed E-state index contributed by atoms with van der Waals surface area (Å²) in [6, 6.07) is 118. The van der Waals surface area contributed by atoms with Crippen molar-refractivity contribution in [2.75, 3.05) is 4.90 Å². The van der Waals surface area contributed by atoms with Crippen molar-refractivity contribution >= 4 is 60.7 Å². The Labute approximate surface area is 477 Å². The second kappa shape index (κ2) is 19.3. The molecule has 3 heteroatoms. The number of nitrogens with zero attached hydrogens (tertiary/aromatic N) is 3. The van der Waals surface area contributed by atoms with Gasteiger partial charge in [-0.05, 0) is 182 Å². The second-order valence-corrected chi connectivity index (χ2v) is 21.6. The highest BCUT2D eigenvalue weighted by Crippen LogP contribution is 2.57. The van der Waals surface area contributed by atoms with Crippen LogP contribution in [-0.4, -0.2) is 9.13 Å². The van der Waals surface area contributed by atoms with Crippen LogP contribution in [0.4, 0.5) is 17.1 Å². The largest absolute Gasteiger partial charge is 0.310 e. The third-order valence-electron chi connectivity index (χ3n) is 17.1. The highest BCUT2D eigenvalue weighted by Gasteiger charge is 2.46. The maximum Gasteiger partial charge on any atom is 0.0714 e. The third-order valence-corrected chi connectivity index (χ3v) is 17.1. The van der Waals surface area contributed by atoms with Crippen LogP contribution in [-0.2, 0) is 5.41 Å². The van der Waals surface area contributed by atoms with Crippen molar-refractivity contribution in [3.63, 3.8) is 0 Å². The first-order valence-electron chi connectivity index (χ1n) is 28.3. The number of aromatic nitrogens is 2. The summed E-state index contributed by atoms with van der Waals surface area (Å²) in [6.45, 7) is 0. The van der Waals surface area contributed by atoms with E-state index < -0.39 is 5.41 Å². The number of rotatable bonds is 10. The average Bonchev–Trinajstić information content (AvgIpc) is 4.35. The lowest BCUT2D eigenvalue weighted by molar-refractivity contribution is 0.767. The molecule has 0 aliphatic heterocycles. The normalized spacial score (nSPS) is 12.5. The summed E-state index contributed by atoms with van der Waals surface area (Å²) < 4.78 is 4.88. The number of anilines is 3. The summed E-state index contributed by atoms with van der Waals surface area (Å²) in [4.78, 5) is 2.34. The molecule has 0 fully saturated rings. The molecule has 82 heavy (non-hydrogen) atoms. The van der Waals surface area contributed by atoms with Crippen molar-refractivity contribution < 1.29 is 0 Å². The van der Waals surface area contributed by atoms with Crippen LogP contribution < -0.4 is 4.90 Å². The Morgan fingerprint density at radius 2 is 0.659 bits per heavy atom. The minimum atomic E-state index is -0.510. The van der Waals surface area contributed by atoms with Crippen LogP contribution in [0.15, 0.2) is 322 Å². The minimum absolute atomic E-state index is 0.510. The number of hydrogen-bond donors (Lipinski definition) is 0. The third kappa shape index (κ3) is 7.51. The highest BCUT2D eigenvalue weighted by atomic mass is 15.1. The Kier molecular flexibility index (Phi) is 11.1. The van der Waals surface area contributed by atoms with Crippen LogP contribution in [0.1, 0.15) is 22.3 Å². The van der Waals surface area contributed by atoms with E-state index in [0.717, 1.165) is 67.3 Å². The van der Waals surface area contributed by atoms with E-state index >= 15 is 0 Å². The molecule has 2 heterocycles. The van der Waals surface area contributed by atoms with Crippen LogP contribution in [0.25, 0.3) is 99.5 Å². The standard InChI is InChI=1S/C79H53N3/c1-6-24-60(25-7-1)79(61-26-8-2-9-27-61)73-38-19-16-35-67(73)68-44-43-66(53-74(68)79)82-76-40-21-18-37-70(76)72-52-56(42-46-78(72)82)59-48-57(54-23-22-34-65(50-54)80(62-28-10-3-11-29-62)63-30-12-4-13-31-63)47-58(49-59)55-41-45-77-71(51-55)69-36-17-20-39-75(69)81(77)64-32-14-5-15-33-64/h1-53H. The van der Waals surface area contributed by atoms with Gasteiger partial charge in [-0.3, -0.25) is 0 Å². The molecule has 0 bridgehead atoms.